The minimum absolute atomic E-state index is 0.00815. The van der Waals surface area contributed by atoms with Crippen LogP contribution in [0.4, 0.5) is 13.2 Å². The smallest absolute Gasteiger partial charge is 0.406 e. The number of likely N-dealkylation sites (tertiary alicyclic amines) is 1. The highest BCUT2D eigenvalue weighted by Gasteiger charge is 2.36. The summed E-state index contributed by atoms with van der Waals surface area (Å²) >= 11 is 0. The van der Waals surface area contributed by atoms with Gasteiger partial charge in [-0.05, 0) is 41.8 Å². The van der Waals surface area contributed by atoms with Gasteiger partial charge in [0.05, 0.1) is 0 Å². The number of carbonyl (C=O) groups is 1. The minimum atomic E-state index is -4.76. The molecule has 0 saturated carbocycles. The molecule has 0 radical (unpaired) electrons. The number of benzene rings is 2. The van der Waals surface area contributed by atoms with E-state index in [4.69, 9.17) is 4.52 Å². The van der Waals surface area contributed by atoms with E-state index in [-0.39, 0.29) is 23.5 Å². The number of alkyl halides is 3. The first kappa shape index (κ1) is 20.6. The number of hydrogen-bond acceptors (Lipinski definition) is 5. The highest BCUT2D eigenvalue weighted by molar-refractivity contribution is 5.79. The van der Waals surface area contributed by atoms with Crippen LogP contribution in [-0.4, -0.2) is 27.3 Å². The van der Waals surface area contributed by atoms with Gasteiger partial charge in [-0.1, -0.05) is 42.1 Å². The molecule has 0 bridgehead atoms. The van der Waals surface area contributed by atoms with E-state index in [1.165, 1.54) is 24.3 Å². The van der Waals surface area contributed by atoms with Gasteiger partial charge in [-0.15, -0.1) is 13.2 Å². The van der Waals surface area contributed by atoms with Crippen LogP contribution in [0.2, 0.25) is 0 Å². The molecule has 0 aliphatic carbocycles. The van der Waals surface area contributed by atoms with Gasteiger partial charge in [-0.3, -0.25) is 4.79 Å². The van der Waals surface area contributed by atoms with Crippen LogP contribution in [0.3, 0.4) is 0 Å². The van der Waals surface area contributed by atoms with E-state index in [0.29, 0.717) is 30.8 Å². The van der Waals surface area contributed by atoms with E-state index in [1.807, 2.05) is 24.3 Å². The third-order valence-electron chi connectivity index (χ3n) is 4.97. The molecule has 1 aliphatic rings. The van der Waals surface area contributed by atoms with E-state index in [9.17, 15) is 18.0 Å². The van der Waals surface area contributed by atoms with Gasteiger partial charge in [0, 0.05) is 18.5 Å². The Morgan fingerprint density at radius 2 is 1.87 bits per heavy atom. The quantitative estimate of drug-likeness (QED) is 0.543. The van der Waals surface area contributed by atoms with Crippen LogP contribution in [0, 0.1) is 0 Å². The van der Waals surface area contributed by atoms with Gasteiger partial charge in [-0.25, -0.2) is 0 Å². The van der Waals surface area contributed by atoms with Gasteiger partial charge in [-0.2, -0.15) is 4.98 Å². The molecule has 1 atom stereocenters. The molecule has 31 heavy (non-hydrogen) atoms. The first-order valence-corrected chi connectivity index (χ1v) is 9.53. The van der Waals surface area contributed by atoms with Crippen molar-refractivity contribution in [2.75, 3.05) is 0 Å². The van der Waals surface area contributed by atoms with Crippen LogP contribution in [0.1, 0.15) is 35.9 Å². The summed E-state index contributed by atoms with van der Waals surface area (Å²) < 4.78 is 46.2. The van der Waals surface area contributed by atoms with Crippen LogP contribution in [0.15, 0.2) is 59.6 Å². The normalized spacial score (nSPS) is 16.5. The molecular weight excluding hydrogens is 411 g/mol. The van der Waals surface area contributed by atoms with E-state index in [1.54, 1.807) is 11.0 Å². The summed E-state index contributed by atoms with van der Waals surface area (Å²) in [5, 5.41) is 3.93. The molecule has 6 nitrogen and oxygen atoms in total. The highest BCUT2D eigenvalue weighted by Crippen LogP contribution is 2.34. The lowest BCUT2D eigenvalue weighted by Crippen LogP contribution is -2.27. The van der Waals surface area contributed by atoms with E-state index in [2.05, 4.69) is 21.5 Å². The summed E-state index contributed by atoms with van der Waals surface area (Å²) in [7, 11) is 0. The Morgan fingerprint density at radius 1 is 1.16 bits per heavy atom. The Morgan fingerprint density at radius 3 is 2.52 bits per heavy atom. The lowest BCUT2D eigenvalue weighted by atomic mass is 10.1. The molecule has 2 aromatic carbocycles. The SMILES string of the molecule is C=Cc1ccc(CN2C(=O)CCC2c2nc(-c3ccc(OC(F)(F)F)cc3)no2)cc1. The Bertz CT molecular complexity index is 1080. The van der Waals surface area contributed by atoms with Crippen LogP contribution in [0.5, 0.6) is 5.75 Å². The van der Waals surface area contributed by atoms with E-state index >= 15 is 0 Å². The fraction of sp³-hybridized carbons (Fsp3) is 0.227. The van der Waals surface area contributed by atoms with Crippen LogP contribution >= 0.6 is 0 Å². The Labute approximate surface area is 175 Å². The molecule has 1 unspecified atom stereocenters. The van der Waals surface area contributed by atoms with Crippen molar-refractivity contribution >= 4 is 12.0 Å². The summed E-state index contributed by atoms with van der Waals surface area (Å²) in [4.78, 5) is 18.5. The van der Waals surface area contributed by atoms with Crippen LogP contribution in [0.25, 0.3) is 17.5 Å². The number of hydrogen-bond donors (Lipinski definition) is 0. The predicted octanol–water partition coefficient (Wildman–Crippen LogP) is 5.14. The number of rotatable bonds is 6. The maximum absolute atomic E-state index is 12.4. The zero-order chi connectivity index (χ0) is 22.0. The minimum Gasteiger partial charge on any atom is -0.406 e. The molecule has 3 aromatic rings. The Kier molecular flexibility index (Phi) is 5.50. The average Bonchev–Trinajstić information content (AvgIpc) is 3.35. The molecule has 0 spiro atoms. The maximum atomic E-state index is 12.4. The van der Waals surface area contributed by atoms with Crippen molar-refractivity contribution in [3.8, 4) is 17.1 Å². The third kappa shape index (κ3) is 4.76. The van der Waals surface area contributed by atoms with Gasteiger partial charge in [0.25, 0.3) is 0 Å². The number of carbonyl (C=O) groups excluding carboxylic acids is 1. The monoisotopic (exact) mass is 429 g/mol. The number of aromatic nitrogens is 2. The summed E-state index contributed by atoms with van der Waals surface area (Å²) in [6, 6.07) is 12.5. The molecule has 4 rings (SSSR count). The molecule has 1 aromatic heterocycles. The second kappa shape index (κ2) is 8.25. The van der Waals surface area contributed by atoms with Gasteiger partial charge in [0.1, 0.15) is 11.8 Å². The first-order valence-electron chi connectivity index (χ1n) is 9.53. The summed E-state index contributed by atoms with van der Waals surface area (Å²) in [5.41, 5.74) is 2.42. The lowest BCUT2D eigenvalue weighted by Gasteiger charge is -2.22. The van der Waals surface area contributed by atoms with Crippen molar-refractivity contribution in [1.82, 2.24) is 15.0 Å². The summed E-state index contributed by atoms with van der Waals surface area (Å²) in [5.74, 6) is 0.170. The van der Waals surface area contributed by atoms with E-state index < -0.39 is 6.36 Å². The molecule has 1 amide bonds. The number of ether oxygens (including phenoxy) is 1. The molecular formula is C22H18F3N3O3. The van der Waals surface area contributed by atoms with Gasteiger partial charge in [0.2, 0.25) is 17.6 Å². The standard InChI is InChI=1S/C22H18F3N3O3/c1-2-14-3-5-15(6-4-14)13-28-18(11-12-19(28)29)21-26-20(27-31-21)16-7-9-17(10-8-16)30-22(23,24)25/h2-10,18H,1,11-13H2. The molecule has 1 fully saturated rings. The highest BCUT2D eigenvalue weighted by atomic mass is 19.4. The summed E-state index contributed by atoms with van der Waals surface area (Å²) in [6.07, 6.45) is -2.10. The zero-order valence-electron chi connectivity index (χ0n) is 16.3. The third-order valence-corrected chi connectivity index (χ3v) is 4.97. The average molecular weight is 429 g/mol. The molecule has 1 saturated heterocycles. The van der Waals surface area contributed by atoms with Crippen molar-refractivity contribution in [2.45, 2.75) is 31.8 Å². The number of amides is 1. The molecule has 1 aliphatic heterocycles. The number of nitrogens with zero attached hydrogens (tertiary/aromatic N) is 3. The second-order valence-electron chi connectivity index (χ2n) is 7.05. The fourth-order valence-corrected chi connectivity index (χ4v) is 3.44. The van der Waals surface area contributed by atoms with Gasteiger partial charge < -0.3 is 14.2 Å². The predicted molar refractivity (Wildman–Crippen MR) is 105 cm³/mol. The topological polar surface area (TPSA) is 68.5 Å². The zero-order valence-corrected chi connectivity index (χ0v) is 16.3. The van der Waals surface area contributed by atoms with Crippen LogP contribution < -0.4 is 4.74 Å². The molecule has 2 heterocycles. The largest absolute Gasteiger partial charge is 0.573 e. The first-order chi connectivity index (χ1) is 14.8. The lowest BCUT2D eigenvalue weighted by molar-refractivity contribution is -0.274. The van der Waals surface area contributed by atoms with Gasteiger partial charge in [0.15, 0.2) is 0 Å². The van der Waals surface area contributed by atoms with Crippen LogP contribution in [-0.2, 0) is 11.3 Å². The second-order valence-corrected chi connectivity index (χ2v) is 7.05. The Hall–Kier alpha value is -3.62. The number of halogens is 3. The molecule has 0 N–H and O–H groups in total. The maximum Gasteiger partial charge on any atom is 0.573 e. The van der Waals surface area contributed by atoms with Crippen molar-refractivity contribution in [3.63, 3.8) is 0 Å². The van der Waals surface area contributed by atoms with Gasteiger partial charge >= 0.3 is 6.36 Å². The molecule has 160 valence electrons. The Balaban J connectivity index is 1.50. The van der Waals surface area contributed by atoms with E-state index in [0.717, 1.165) is 11.1 Å². The van der Waals surface area contributed by atoms with Crippen molar-refractivity contribution < 1.29 is 27.2 Å². The van der Waals surface area contributed by atoms with Crippen molar-refractivity contribution in [1.29, 1.82) is 0 Å². The summed E-state index contributed by atoms with van der Waals surface area (Å²) in [6.45, 7) is 4.13. The fourth-order valence-electron chi connectivity index (χ4n) is 3.44. The van der Waals surface area contributed by atoms with Crippen molar-refractivity contribution in [2.24, 2.45) is 0 Å². The van der Waals surface area contributed by atoms with Crippen molar-refractivity contribution in [3.05, 3.63) is 72.1 Å². The molecule has 9 heteroatoms.